The molecule has 3 aliphatic rings. The van der Waals surface area contributed by atoms with Crippen LogP contribution in [0.3, 0.4) is 0 Å². The summed E-state index contributed by atoms with van der Waals surface area (Å²) >= 11 is 6.29. The van der Waals surface area contributed by atoms with E-state index in [-0.39, 0.29) is 30.4 Å². The number of aromatic nitrogens is 4. The van der Waals surface area contributed by atoms with Gasteiger partial charge in [-0.2, -0.15) is 10.1 Å². The third-order valence-electron chi connectivity index (χ3n) is 5.25. The molecule has 0 aromatic carbocycles. The van der Waals surface area contributed by atoms with Crippen LogP contribution in [0.15, 0.2) is 18.6 Å². The van der Waals surface area contributed by atoms with Crippen LogP contribution >= 0.6 is 11.6 Å². The molecule has 29 heavy (non-hydrogen) atoms. The SMILES string of the molecule is Cn1cc(Nc2ncc(Cl)c(N[C@@H]3COC4C3OCC4N3CCOC3=O)n2)cn1. The predicted molar refractivity (Wildman–Crippen MR) is 102 cm³/mol. The van der Waals surface area contributed by atoms with E-state index in [4.69, 9.17) is 25.8 Å². The van der Waals surface area contributed by atoms with Crippen molar-refractivity contribution in [1.82, 2.24) is 24.6 Å². The number of hydrogen-bond donors (Lipinski definition) is 2. The molecule has 0 radical (unpaired) electrons. The van der Waals surface area contributed by atoms with Gasteiger partial charge < -0.3 is 24.8 Å². The summed E-state index contributed by atoms with van der Waals surface area (Å²) in [5.41, 5.74) is 0.768. The monoisotopic (exact) mass is 421 g/mol. The van der Waals surface area contributed by atoms with Crippen molar-refractivity contribution in [1.29, 1.82) is 0 Å². The average molecular weight is 422 g/mol. The number of fused-ring (bicyclic) bond motifs is 1. The highest BCUT2D eigenvalue weighted by molar-refractivity contribution is 6.32. The third kappa shape index (κ3) is 3.45. The van der Waals surface area contributed by atoms with Crippen molar-refractivity contribution >= 4 is 35.1 Å². The minimum Gasteiger partial charge on any atom is -0.448 e. The summed E-state index contributed by atoms with van der Waals surface area (Å²) in [5.74, 6) is 0.875. The van der Waals surface area contributed by atoms with Crippen molar-refractivity contribution in [2.24, 2.45) is 7.05 Å². The Labute approximate surface area is 171 Å². The lowest BCUT2D eigenvalue weighted by Gasteiger charge is -2.24. The van der Waals surface area contributed by atoms with E-state index in [2.05, 4.69) is 25.7 Å². The Hall–Kier alpha value is -2.63. The van der Waals surface area contributed by atoms with Crippen LogP contribution in [0.4, 0.5) is 22.2 Å². The minimum atomic E-state index is -0.316. The Morgan fingerprint density at radius 3 is 2.86 bits per heavy atom. The van der Waals surface area contributed by atoms with Gasteiger partial charge in [-0.1, -0.05) is 11.6 Å². The van der Waals surface area contributed by atoms with Gasteiger partial charge in [-0.25, -0.2) is 9.78 Å². The molecule has 0 saturated carbocycles. The molecule has 154 valence electrons. The first-order valence-corrected chi connectivity index (χ1v) is 9.67. The Morgan fingerprint density at radius 2 is 2.10 bits per heavy atom. The summed E-state index contributed by atoms with van der Waals surface area (Å²) in [5, 5.41) is 10.9. The molecule has 5 rings (SSSR count). The van der Waals surface area contributed by atoms with Gasteiger partial charge in [0, 0.05) is 13.2 Å². The number of rotatable bonds is 5. The van der Waals surface area contributed by atoms with Gasteiger partial charge in [-0.15, -0.1) is 0 Å². The number of carbonyl (C=O) groups is 1. The molecule has 12 heteroatoms. The molecule has 11 nitrogen and oxygen atoms in total. The van der Waals surface area contributed by atoms with Crippen LogP contribution < -0.4 is 10.6 Å². The number of amides is 1. The largest absolute Gasteiger partial charge is 0.448 e. The van der Waals surface area contributed by atoms with Crippen molar-refractivity contribution in [3.05, 3.63) is 23.6 Å². The van der Waals surface area contributed by atoms with Gasteiger partial charge >= 0.3 is 6.09 Å². The van der Waals surface area contributed by atoms with Crippen LogP contribution in [0, 0.1) is 0 Å². The molecular weight excluding hydrogens is 402 g/mol. The van der Waals surface area contributed by atoms with Crippen LogP contribution in [-0.4, -0.2) is 81.4 Å². The van der Waals surface area contributed by atoms with Crippen LogP contribution in [0.1, 0.15) is 0 Å². The number of nitrogens with zero attached hydrogens (tertiary/aromatic N) is 5. The number of anilines is 3. The van der Waals surface area contributed by atoms with E-state index in [1.807, 2.05) is 13.2 Å². The van der Waals surface area contributed by atoms with E-state index in [9.17, 15) is 4.79 Å². The molecule has 4 atom stereocenters. The number of nitrogens with one attached hydrogen (secondary N) is 2. The highest BCUT2D eigenvalue weighted by Gasteiger charge is 2.51. The molecule has 2 N–H and O–H groups in total. The summed E-state index contributed by atoms with van der Waals surface area (Å²) in [7, 11) is 1.83. The third-order valence-corrected chi connectivity index (χ3v) is 5.52. The van der Waals surface area contributed by atoms with E-state index in [0.717, 1.165) is 5.69 Å². The lowest BCUT2D eigenvalue weighted by atomic mass is 10.1. The lowest BCUT2D eigenvalue weighted by Crippen LogP contribution is -2.45. The summed E-state index contributed by atoms with van der Waals surface area (Å²) < 4.78 is 18.6. The van der Waals surface area contributed by atoms with Crippen molar-refractivity contribution in [2.75, 3.05) is 37.0 Å². The zero-order valence-electron chi connectivity index (χ0n) is 15.6. The molecule has 1 amide bonds. The van der Waals surface area contributed by atoms with Crippen LogP contribution in [-0.2, 0) is 21.3 Å². The first kappa shape index (κ1) is 18.4. The molecule has 3 saturated heterocycles. The van der Waals surface area contributed by atoms with Crippen molar-refractivity contribution in [3.63, 3.8) is 0 Å². The van der Waals surface area contributed by atoms with Gasteiger partial charge in [0.2, 0.25) is 5.95 Å². The van der Waals surface area contributed by atoms with Gasteiger partial charge in [0.1, 0.15) is 23.8 Å². The van der Waals surface area contributed by atoms with Gasteiger partial charge in [-0.05, 0) is 0 Å². The van der Waals surface area contributed by atoms with Gasteiger partial charge in [0.15, 0.2) is 5.82 Å². The Bertz CT molecular complexity index is 925. The summed E-state index contributed by atoms with van der Waals surface area (Å²) in [6.45, 7) is 1.78. The Kier molecular flexibility index (Phi) is 4.64. The second-order valence-corrected chi connectivity index (χ2v) is 7.55. The Morgan fingerprint density at radius 1 is 1.24 bits per heavy atom. The number of halogens is 1. The van der Waals surface area contributed by atoms with Gasteiger partial charge in [0.25, 0.3) is 0 Å². The summed E-state index contributed by atoms with van der Waals surface area (Å²) in [4.78, 5) is 22.2. The molecule has 0 bridgehead atoms. The predicted octanol–water partition coefficient (Wildman–Crippen LogP) is 1.01. The molecule has 3 fully saturated rings. The van der Waals surface area contributed by atoms with Gasteiger partial charge in [0.05, 0.1) is 49.9 Å². The normalized spacial score (nSPS) is 28.5. The fourth-order valence-corrected chi connectivity index (χ4v) is 4.04. The molecule has 5 heterocycles. The van der Waals surface area contributed by atoms with E-state index in [1.165, 1.54) is 6.20 Å². The molecule has 3 aliphatic heterocycles. The van der Waals surface area contributed by atoms with Crippen LogP contribution in [0.25, 0.3) is 0 Å². The zero-order valence-corrected chi connectivity index (χ0v) is 16.4. The van der Waals surface area contributed by atoms with E-state index >= 15 is 0 Å². The molecule has 2 aromatic heterocycles. The Balaban J connectivity index is 1.28. The molecule has 2 aromatic rings. The molecule has 3 unspecified atom stereocenters. The van der Waals surface area contributed by atoms with E-state index in [0.29, 0.717) is 43.2 Å². The van der Waals surface area contributed by atoms with Crippen molar-refractivity contribution in [3.8, 4) is 0 Å². The standard InChI is InChI=1S/C17H20ClN7O4/c1-24-6-9(4-20-24)21-16-19-5-10(18)15(23-16)22-11-7-28-14-12(8-29-13(11)14)25-2-3-27-17(25)26/h4-6,11-14H,2-3,7-8H2,1H3,(H2,19,21,22,23)/t11-,12?,13?,14?/m1/s1. The quantitative estimate of drug-likeness (QED) is 0.729. The fraction of sp³-hybridized carbons (Fsp3) is 0.529. The first-order chi connectivity index (χ1) is 14.1. The fourth-order valence-electron chi connectivity index (χ4n) is 3.90. The molecular formula is C17H20ClN7O4. The highest BCUT2D eigenvalue weighted by atomic mass is 35.5. The van der Waals surface area contributed by atoms with Crippen molar-refractivity contribution in [2.45, 2.75) is 24.3 Å². The minimum absolute atomic E-state index is 0.148. The van der Waals surface area contributed by atoms with Gasteiger partial charge in [-0.3, -0.25) is 9.58 Å². The van der Waals surface area contributed by atoms with Crippen molar-refractivity contribution < 1.29 is 19.0 Å². The van der Waals surface area contributed by atoms with E-state index in [1.54, 1.807) is 15.8 Å². The highest BCUT2D eigenvalue weighted by Crippen LogP contribution is 2.33. The maximum Gasteiger partial charge on any atom is 0.410 e. The van der Waals surface area contributed by atoms with Crippen LogP contribution in [0.5, 0.6) is 0 Å². The maximum atomic E-state index is 11.9. The number of aryl methyl sites for hydroxylation is 1. The lowest BCUT2D eigenvalue weighted by molar-refractivity contribution is 0.0518. The number of ether oxygens (including phenoxy) is 3. The smallest absolute Gasteiger partial charge is 0.410 e. The summed E-state index contributed by atoms with van der Waals surface area (Å²) in [6.07, 6.45) is 4.28. The second kappa shape index (κ2) is 7.32. The number of hydrogen-bond acceptors (Lipinski definition) is 9. The topological polar surface area (TPSA) is 116 Å². The number of cyclic esters (lactones) is 1. The number of carbonyl (C=O) groups excluding carboxylic acids is 1. The zero-order chi connectivity index (χ0) is 20.0. The second-order valence-electron chi connectivity index (χ2n) is 7.14. The summed E-state index contributed by atoms with van der Waals surface area (Å²) in [6, 6.07) is -0.298. The molecule has 0 spiro atoms. The van der Waals surface area contributed by atoms with Crippen LogP contribution in [0.2, 0.25) is 5.02 Å². The average Bonchev–Trinajstić information content (AvgIpc) is 3.46. The molecule has 0 aliphatic carbocycles. The first-order valence-electron chi connectivity index (χ1n) is 9.30. The maximum absolute atomic E-state index is 11.9. The van der Waals surface area contributed by atoms with E-state index < -0.39 is 0 Å².